The lowest BCUT2D eigenvalue weighted by atomic mass is 10.0. The van der Waals surface area contributed by atoms with E-state index >= 15 is 0 Å². The Bertz CT molecular complexity index is 583. The van der Waals surface area contributed by atoms with E-state index in [2.05, 4.69) is 56.2 Å². The van der Waals surface area contributed by atoms with Crippen LogP contribution in [-0.2, 0) is 0 Å². The molecular formula is C16H19Br2NO2. The molecule has 5 heteroatoms. The molecule has 0 saturated carbocycles. The van der Waals surface area contributed by atoms with Crippen LogP contribution in [0.15, 0.2) is 43.9 Å². The number of halogens is 2. The number of hydrogen-bond acceptors (Lipinski definition) is 3. The zero-order valence-corrected chi connectivity index (χ0v) is 15.3. The van der Waals surface area contributed by atoms with Crippen LogP contribution in [0.5, 0.6) is 5.75 Å². The fraction of sp³-hybridized carbons (Fsp3) is 0.375. The monoisotopic (exact) mass is 415 g/mol. The van der Waals surface area contributed by atoms with E-state index in [1.165, 1.54) is 0 Å². The first-order chi connectivity index (χ1) is 10.2. The topological polar surface area (TPSA) is 34.4 Å². The first-order valence-corrected chi connectivity index (χ1v) is 8.65. The molecule has 21 heavy (non-hydrogen) atoms. The van der Waals surface area contributed by atoms with E-state index in [-0.39, 0.29) is 6.04 Å². The highest BCUT2D eigenvalue weighted by Gasteiger charge is 2.18. The molecule has 0 amide bonds. The largest absolute Gasteiger partial charge is 0.493 e. The second kappa shape index (κ2) is 8.01. The average molecular weight is 417 g/mol. The van der Waals surface area contributed by atoms with Gasteiger partial charge in [0.2, 0.25) is 0 Å². The van der Waals surface area contributed by atoms with E-state index in [1.807, 2.05) is 25.1 Å². The summed E-state index contributed by atoms with van der Waals surface area (Å²) < 4.78 is 13.0. The van der Waals surface area contributed by atoms with Crippen LogP contribution in [0.1, 0.15) is 37.6 Å². The molecule has 0 radical (unpaired) electrons. The van der Waals surface area contributed by atoms with Crippen molar-refractivity contribution in [3.05, 3.63) is 50.8 Å². The van der Waals surface area contributed by atoms with Gasteiger partial charge in [-0.1, -0.05) is 13.0 Å². The van der Waals surface area contributed by atoms with Gasteiger partial charge in [0.1, 0.15) is 11.5 Å². The predicted octanol–water partition coefficient (Wildman–Crippen LogP) is 5.29. The average Bonchev–Trinajstić information content (AvgIpc) is 2.89. The number of hydrogen-bond donors (Lipinski definition) is 1. The lowest BCUT2D eigenvalue weighted by Crippen LogP contribution is -2.22. The summed E-state index contributed by atoms with van der Waals surface area (Å²) in [5.74, 6) is 1.75. The van der Waals surface area contributed by atoms with Gasteiger partial charge in [0.15, 0.2) is 4.67 Å². The van der Waals surface area contributed by atoms with Gasteiger partial charge in [-0.3, -0.25) is 0 Å². The summed E-state index contributed by atoms with van der Waals surface area (Å²) in [7, 11) is 0. The molecule has 2 rings (SSSR count). The van der Waals surface area contributed by atoms with Crippen molar-refractivity contribution in [3.8, 4) is 5.75 Å². The van der Waals surface area contributed by atoms with Gasteiger partial charge < -0.3 is 14.5 Å². The zero-order valence-electron chi connectivity index (χ0n) is 12.2. The van der Waals surface area contributed by atoms with Gasteiger partial charge in [0, 0.05) is 0 Å². The predicted molar refractivity (Wildman–Crippen MR) is 91.9 cm³/mol. The lowest BCUT2D eigenvalue weighted by molar-refractivity contribution is 0.338. The molecule has 0 aliphatic heterocycles. The number of rotatable bonds is 7. The SMILES string of the molecule is CCCNC(c1ccc(OCC)c(Br)c1)c1ccc(Br)o1. The quantitative estimate of drug-likeness (QED) is 0.665. The smallest absolute Gasteiger partial charge is 0.169 e. The minimum absolute atomic E-state index is 0.0308. The molecule has 114 valence electrons. The summed E-state index contributed by atoms with van der Waals surface area (Å²) in [5.41, 5.74) is 1.14. The highest BCUT2D eigenvalue weighted by molar-refractivity contribution is 9.10. The van der Waals surface area contributed by atoms with Crippen LogP contribution >= 0.6 is 31.9 Å². The third kappa shape index (κ3) is 4.34. The molecule has 1 atom stereocenters. The molecule has 3 nitrogen and oxygen atoms in total. The molecule has 1 unspecified atom stereocenters. The van der Waals surface area contributed by atoms with Crippen LogP contribution < -0.4 is 10.1 Å². The Labute approximate surface area is 142 Å². The highest BCUT2D eigenvalue weighted by Crippen LogP contribution is 2.32. The van der Waals surface area contributed by atoms with Crippen molar-refractivity contribution >= 4 is 31.9 Å². The summed E-state index contributed by atoms with van der Waals surface area (Å²) in [6.45, 7) is 5.71. The molecular weight excluding hydrogens is 398 g/mol. The highest BCUT2D eigenvalue weighted by atomic mass is 79.9. The van der Waals surface area contributed by atoms with Crippen molar-refractivity contribution in [1.29, 1.82) is 0 Å². The summed E-state index contributed by atoms with van der Waals surface area (Å²) in [6.07, 6.45) is 1.07. The third-order valence-corrected chi connectivity index (χ3v) is 4.11. The van der Waals surface area contributed by atoms with Crippen LogP contribution in [0.2, 0.25) is 0 Å². The summed E-state index contributed by atoms with van der Waals surface area (Å²) in [4.78, 5) is 0. The zero-order chi connectivity index (χ0) is 15.2. The minimum Gasteiger partial charge on any atom is -0.493 e. The Morgan fingerprint density at radius 2 is 2.00 bits per heavy atom. The number of furan rings is 1. The summed E-state index contributed by atoms with van der Waals surface area (Å²) in [6, 6.07) is 10.1. The maximum atomic E-state index is 5.72. The van der Waals surface area contributed by atoms with E-state index < -0.39 is 0 Å². The van der Waals surface area contributed by atoms with Crippen molar-refractivity contribution in [2.75, 3.05) is 13.2 Å². The van der Waals surface area contributed by atoms with Gasteiger partial charge in [-0.05, 0) is 81.6 Å². The Balaban J connectivity index is 2.30. The Morgan fingerprint density at radius 1 is 1.19 bits per heavy atom. The maximum absolute atomic E-state index is 5.72. The van der Waals surface area contributed by atoms with Gasteiger partial charge in [0.25, 0.3) is 0 Å². The first kappa shape index (κ1) is 16.6. The molecule has 2 aromatic rings. The Morgan fingerprint density at radius 3 is 2.57 bits per heavy atom. The normalized spacial score (nSPS) is 12.4. The second-order valence-electron chi connectivity index (χ2n) is 4.65. The standard InChI is InChI=1S/C16H19Br2NO2/c1-3-9-19-16(14-7-8-15(18)21-14)11-5-6-13(20-4-2)12(17)10-11/h5-8,10,16,19H,3-4,9H2,1-2H3. The van der Waals surface area contributed by atoms with Crippen molar-refractivity contribution in [2.45, 2.75) is 26.3 Å². The molecule has 1 N–H and O–H groups in total. The van der Waals surface area contributed by atoms with E-state index in [4.69, 9.17) is 9.15 Å². The molecule has 0 spiro atoms. The number of nitrogens with one attached hydrogen (secondary N) is 1. The van der Waals surface area contributed by atoms with Crippen molar-refractivity contribution in [1.82, 2.24) is 5.32 Å². The molecule has 0 aliphatic carbocycles. The second-order valence-corrected chi connectivity index (χ2v) is 6.29. The fourth-order valence-electron chi connectivity index (χ4n) is 2.12. The van der Waals surface area contributed by atoms with Crippen LogP contribution in [0.25, 0.3) is 0 Å². The van der Waals surface area contributed by atoms with Crippen LogP contribution in [0.3, 0.4) is 0 Å². The summed E-state index contributed by atoms with van der Waals surface area (Å²) >= 11 is 6.93. The van der Waals surface area contributed by atoms with E-state index in [0.29, 0.717) is 6.61 Å². The molecule has 1 heterocycles. The minimum atomic E-state index is 0.0308. The van der Waals surface area contributed by atoms with E-state index in [0.717, 1.165) is 39.2 Å². The van der Waals surface area contributed by atoms with Crippen LogP contribution in [-0.4, -0.2) is 13.2 Å². The Hall–Kier alpha value is -0.780. The molecule has 0 aliphatic rings. The fourth-order valence-corrected chi connectivity index (χ4v) is 2.95. The van der Waals surface area contributed by atoms with E-state index in [1.54, 1.807) is 0 Å². The van der Waals surface area contributed by atoms with Crippen molar-refractivity contribution in [3.63, 3.8) is 0 Å². The Kier molecular flexibility index (Phi) is 6.33. The molecule has 0 bridgehead atoms. The lowest BCUT2D eigenvalue weighted by Gasteiger charge is -2.18. The number of benzene rings is 1. The van der Waals surface area contributed by atoms with Gasteiger partial charge in [-0.2, -0.15) is 0 Å². The maximum Gasteiger partial charge on any atom is 0.169 e. The van der Waals surface area contributed by atoms with Crippen molar-refractivity contribution < 1.29 is 9.15 Å². The van der Waals surface area contributed by atoms with Crippen molar-refractivity contribution in [2.24, 2.45) is 0 Å². The summed E-state index contributed by atoms with van der Waals surface area (Å²) in [5, 5.41) is 3.52. The molecule has 1 aromatic heterocycles. The first-order valence-electron chi connectivity index (χ1n) is 7.06. The van der Waals surface area contributed by atoms with Gasteiger partial charge in [0.05, 0.1) is 17.1 Å². The van der Waals surface area contributed by atoms with Crippen LogP contribution in [0, 0.1) is 0 Å². The third-order valence-electron chi connectivity index (χ3n) is 3.07. The molecule has 0 fully saturated rings. The van der Waals surface area contributed by atoms with Gasteiger partial charge >= 0.3 is 0 Å². The number of ether oxygens (including phenoxy) is 1. The molecule has 1 aromatic carbocycles. The van der Waals surface area contributed by atoms with Gasteiger partial charge in [-0.15, -0.1) is 0 Å². The molecule has 0 saturated heterocycles. The van der Waals surface area contributed by atoms with Crippen LogP contribution in [0.4, 0.5) is 0 Å². The van der Waals surface area contributed by atoms with E-state index in [9.17, 15) is 0 Å². The van der Waals surface area contributed by atoms with Gasteiger partial charge in [-0.25, -0.2) is 0 Å².